The summed E-state index contributed by atoms with van der Waals surface area (Å²) < 4.78 is 35.5. The molecule has 0 saturated carbocycles. The Bertz CT molecular complexity index is 3600. The van der Waals surface area contributed by atoms with Crippen molar-refractivity contribution in [3.63, 3.8) is 0 Å². The number of hydrogen-bond acceptors (Lipinski definition) is 12. The molecule has 6 bridgehead atoms. The van der Waals surface area contributed by atoms with Crippen molar-refractivity contribution in [1.82, 2.24) is 15.0 Å². The number of phenolic OH excluding ortho intramolecular Hbond substituents is 3. The van der Waals surface area contributed by atoms with Crippen molar-refractivity contribution in [2.45, 2.75) is 38.5 Å². The van der Waals surface area contributed by atoms with E-state index in [1.165, 1.54) is 0 Å². The van der Waals surface area contributed by atoms with Gasteiger partial charge in [-0.1, -0.05) is 36.4 Å². The van der Waals surface area contributed by atoms with Crippen LogP contribution in [0, 0.1) is 0 Å². The zero-order valence-electron chi connectivity index (χ0n) is 44.4. The molecule has 0 saturated heterocycles. The summed E-state index contributed by atoms with van der Waals surface area (Å²) in [6, 6.07) is 30.2. The van der Waals surface area contributed by atoms with E-state index in [-0.39, 0.29) is 17.2 Å². The predicted molar refractivity (Wildman–Crippen MR) is 307 cm³/mol. The molecule has 6 aromatic carbocycles. The fourth-order valence-corrected chi connectivity index (χ4v) is 12.5. The summed E-state index contributed by atoms with van der Waals surface area (Å²) in [6.45, 7) is 1.73. The first-order valence-corrected chi connectivity index (χ1v) is 26.3. The number of allylic oxidation sites excluding steroid dienone is 3. The molecule has 9 aromatic rings. The van der Waals surface area contributed by atoms with E-state index < -0.39 is 0 Å². The maximum atomic E-state index is 12.4. The second-order valence-corrected chi connectivity index (χ2v) is 20.1. The highest BCUT2D eigenvalue weighted by Crippen LogP contribution is 2.50. The van der Waals surface area contributed by atoms with E-state index in [1.54, 1.807) is 42.7 Å². The molecule has 0 atom stereocenters. The molecule has 0 aliphatic carbocycles. The molecular formula is C63H60N6O9. The van der Waals surface area contributed by atoms with Crippen LogP contribution in [0.5, 0.6) is 51.7 Å². The number of ether oxygens (including phenoxy) is 6. The number of benzene rings is 6. The van der Waals surface area contributed by atoms with Gasteiger partial charge in [-0.15, -0.1) is 0 Å². The summed E-state index contributed by atoms with van der Waals surface area (Å²) in [6.07, 6.45) is 9.49. The van der Waals surface area contributed by atoms with Crippen LogP contribution in [0.1, 0.15) is 50.5 Å². The summed E-state index contributed by atoms with van der Waals surface area (Å²) >= 11 is 0. The van der Waals surface area contributed by atoms with Gasteiger partial charge in [0.05, 0.1) is 93.9 Å². The molecule has 15 heteroatoms. The third-order valence-corrected chi connectivity index (χ3v) is 16.4. The number of aromatic nitrogens is 3. The molecular weight excluding hydrogens is 985 g/mol. The van der Waals surface area contributed by atoms with E-state index >= 15 is 0 Å². The number of H-pyrrole nitrogens is 3. The molecule has 7 aliphatic heterocycles. The first-order valence-electron chi connectivity index (χ1n) is 26.3. The van der Waals surface area contributed by atoms with E-state index in [9.17, 15) is 15.3 Å². The topological polar surface area (TPSA) is 173 Å². The maximum Gasteiger partial charge on any atom is 0.184 e. The van der Waals surface area contributed by atoms with Crippen LogP contribution in [0.25, 0.3) is 49.8 Å². The van der Waals surface area contributed by atoms with Crippen LogP contribution in [-0.4, -0.2) is 92.6 Å². The van der Waals surface area contributed by atoms with Crippen molar-refractivity contribution >= 4 is 66.9 Å². The van der Waals surface area contributed by atoms with Crippen molar-refractivity contribution in [2.75, 3.05) is 77.0 Å². The maximum absolute atomic E-state index is 12.4. The highest BCUT2D eigenvalue weighted by molar-refractivity contribution is 5.98. The van der Waals surface area contributed by atoms with Crippen LogP contribution in [0.3, 0.4) is 0 Å². The fourth-order valence-electron chi connectivity index (χ4n) is 12.5. The number of anilines is 3. The van der Waals surface area contributed by atoms with Gasteiger partial charge in [-0.05, 0) is 110 Å². The van der Waals surface area contributed by atoms with Gasteiger partial charge in [0.1, 0.15) is 17.2 Å². The number of rotatable bonds is 6. The number of nitrogens with zero attached hydrogens (tertiary/aromatic N) is 3. The van der Waals surface area contributed by atoms with Crippen molar-refractivity contribution in [2.24, 2.45) is 0 Å². The summed E-state index contributed by atoms with van der Waals surface area (Å²) in [5, 5.41) is 40.5. The third-order valence-electron chi connectivity index (χ3n) is 16.4. The standard InChI is InChI=1S/C63H60N6O9/c1-73-37-13-16-40-43-25-28-67-49(55(43)64-46(40)31-37)19-7-34-11-23-53(62(77-5)58(34)70)68-29-26-44-41-17-14-39(75-3)33-48(41)66-57(44)51(68)21-9-36-12-24-54(63(78-6)60(36)72)69-30-27-45-42-18-15-38(74-2)32-47(42)65-56(45)50(69)20-8-35-10-22-52(67)61(76-4)59(35)71/h10-24,31-33,64-66,70-72H,7-9,25-30H2,1-6H3/b49-19-,50-20-,51-21-. The highest BCUT2D eigenvalue weighted by Gasteiger charge is 2.34. The molecule has 396 valence electrons. The lowest BCUT2D eigenvalue weighted by Gasteiger charge is -2.34. The van der Waals surface area contributed by atoms with E-state index in [0.717, 1.165) is 101 Å². The second kappa shape index (κ2) is 19.1. The van der Waals surface area contributed by atoms with E-state index in [1.807, 2.05) is 72.8 Å². The number of hydrogen-bond donors (Lipinski definition) is 6. The number of methoxy groups -OCH3 is 6. The van der Waals surface area contributed by atoms with Gasteiger partial charge in [0.15, 0.2) is 34.5 Å². The molecule has 6 N–H and O–H groups in total. The van der Waals surface area contributed by atoms with Gasteiger partial charge in [-0.3, -0.25) is 0 Å². The minimum Gasteiger partial charge on any atom is -0.504 e. The molecule has 0 radical (unpaired) electrons. The monoisotopic (exact) mass is 1040 g/mol. The lowest BCUT2D eigenvalue weighted by molar-refractivity contribution is 0.371. The minimum absolute atomic E-state index is 0.0266. The average molecular weight is 1050 g/mol. The number of nitrogens with one attached hydrogen (secondary N) is 3. The van der Waals surface area contributed by atoms with Crippen LogP contribution in [0.2, 0.25) is 0 Å². The van der Waals surface area contributed by atoms with Gasteiger partial charge >= 0.3 is 0 Å². The van der Waals surface area contributed by atoms with Crippen LogP contribution in [0.4, 0.5) is 17.1 Å². The minimum atomic E-state index is 0.0266. The van der Waals surface area contributed by atoms with Gasteiger partial charge in [0, 0.05) is 87.2 Å². The molecule has 15 nitrogen and oxygen atoms in total. The van der Waals surface area contributed by atoms with Gasteiger partial charge in [0.2, 0.25) is 0 Å². The third kappa shape index (κ3) is 7.61. The Morgan fingerprint density at radius 1 is 0.372 bits per heavy atom. The second-order valence-electron chi connectivity index (χ2n) is 20.1. The molecule has 78 heavy (non-hydrogen) atoms. The average Bonchev–Trinajstić information content (AvgIpc) is 4.36. The number of aromatic amines is 3. The molecule has 7 aliphatic rings. The number of aromatic hydroxyl groups is 3. The quantitative estimate of drug-likeness (QED) is 0.0932. The number of fused-ring (bicyclic) bond motifs is 12. The summed E-state index contributed by atoms with van der Waals surface area (Å²) in [5.41, 5.74) is 15.8. The normalized spacial score (nSPS) is 17.2. The highest BCUT2D eigenvalue weighted by atomic mass is 16.5. The smallest absolute Gasteiger partial charge is 0.184 e. The first-order chi connectivity index (χ1) is 38.1. The van der Waals surface area contributed by atoms with Crippen molar-refractivity contribution in [3.05, 3.63) is 160 Å². The Hall–Kier alpha value is -9.24. The summed E-state index contributed by atoms with van der Waals surface area (Å²) in [4.78, 5) is 17.7. The Balaban J connectivity index is 1.02. The Kier molecular flexibility index (Phi) is 11.8. The fraction of sp³-hybridized carbons (Fsp3) is 0.238. The van der Waals surface area contributed by atoms with E-state index in [0.29, 0.717) is 109 Å². The van der Waals surface area contributed by atoms with E-state index in [4.69, 9.17) is 28.4 Å². The van der Waals surface area contributed by atoms with Crippen LogP contribution in [-0.2, 0) is 38.5 Å². The molecule has 0 unspecified atom stereocenters. The Labute approximate surface area is 450 Å². The molecule has 10 heterocycles. The first kappa shape index (κ1) is 48.4. The van der Waals surface area contributed by atoms with Crippen molar-refractivity contribution < 1.29 is 43.7 Å². The predicted octanol–water partition coefficient (Wildman–Crippen LogP) is 11.6. The van der Waals surface area contributed by atoms with Crippen molar-refractivity contribution in [1.29, 1.82) is 0 Å². The van der Waals surface area contributed by atoms with E-state index in [2.05, 4.69) is 66.1 Å². The largest absolute Gasteiger partial charge is 0.504 e. The van der Waals surface area contributed by atoms with Crippen molar-refractivity contribution in [3.8, 4) is 51.7 Å². The van der Waals surface area contributed by atoms with Gasteiger partial charge in [0.25, 0.3) is 0 Å². The summed E-state index contributed by atoms with van der Waals surface area (Å²) in [7, 11) is 9.76. The molecule has 0 spiro atoms. The summed E-state index contributed by atoms with van der Waals surface area (Å²) in [5.74, 6) is 3.33. The zero-order chi connectivity index (χ0) is 53.5. The van der Waals surface area contributed by atoms with Gasteiger partial charge in [-0.25, -0.2) is 0 Å². The van der Waals surface area contributed by atoms with Crippen LogP contribution in [0.15, 0.2) is 109 Å². The lowest BCUT2D eigenvalue weighted by Crippen LogP contribution is -2.30. The zero-order valence-corrected chi connectivity index (χ0v) is 44.4. The van der Waals surface area contributed by atoms with Crippen LogP contribution < -0.4 is 43.1 Å². The number of phenols is 3. The van der Waals surface area contributed by atoms with Gasteiger partial charge < -0.3 is 73.4 Å². The lowest BCUT2D eigenvalue weighted by atomic mass is 9.96. The Morgan fingerprint density at radius 2 is 0.667 bits per heavy atom. The molecule has 0 amide bonds. The molecule has 0 fully saturated rings. The molecule has 3 aromatic heterocycles. The SMILES string of the molecule is COc1ccc2c3c([nH]c2c1)/C1=C/Cc2ccc(c(OC)c2O)N2CCc4c([nH]c5cc(OC)ccc45)/C2=C/Cc2ccc(c(OC)c2O)N2CCc4c([nH]c5cc(OC)ccc45)/C2=C/Cc2ccc(c(OC)c2O)N1CC3. The molecule has 16 rings (SSSR count). The Morgan fingerprint density at radius 3 is 0.936 bits per heavy atom. The van der Waals surface area contributed by atoms with Crippen LogP contribution >= 0.6 is 0 Å². The van der Waals surface area contributed by atoms with Gasteiger partial charge in [-0.2, -0.15) is 0 Å².